The number of benzene rings is 2. The molecule has 3 aromatic rings. The van der Waals surface area contributed by atoms with Gasteiger partial charge < -0.3 is 19.9 Å². The number of halogens is 7. The summed E-state index contributed by atoms with van der Waals surface area (Å²) in [5.74, 6) is -4.36. The average molecular weight is 712 g/mol. The van der Waals surface area contributed by atoms with Gasteiger partial charge in [0.15, 0.2) is 0 Å². The zero-order valence-corrected chi connectivity index (χ0v) is 28.3. The van der Waals surface area contributed by atoms with Crippen LogP contribution in [0.3, 0.4) is 0 Å². The monoisotopic (exact) mass is 711 g/mol. The number of aromatic nitrogens is 1. The van der Waals surface area contributed by atoms with E-state index >= 15 is 4.39 Å². The van der Waals surface area contributed by atoms with E-state index in [9.17, 15) is 45.8 Å². The minimum absolute atomic E-state index is 0.0621. The fourth-order valence-corrected chi connectivity index (χ4v) is 6.58. The van der Waals surface area contributed by atoms with Crippen LogP contribution in [0.4, 0.5) is 30.7 Å². The van der Waals surface area contributed by atoms with Crippen molar-refractivity contribution >= 4 is 11.9 Å². The molecule has 7 nitrogen and oxygen atoms in total. The third-order valence-electron chi connectivity index (χ3n) is 8.89. The summed E-state index contributed by atoms with van der Waals surface area (Å²) in [6, 6.07) is 3.72. The summed E-state index contributed by atoms with van der Waals surface area (Å²) in [4.78, 5) is 41.1. The Labute approximate surface area is 285 Å². The molecule has 4 rings (SSSR count). The SMILES string of the molecule is Cc1cccc(C)c1-c1cc([C@H](CC(=O)O)NC(=O)C(CC(C)C)n2cc(CCN3CC(C)C3)c(C(F)(F)F)cc2=O)c(F)c(C(F)(F)F)c1. The molecule has 272 valence electrons. The van der Waals surface area contributed by atoms with Crippen molar-refractivity contribution in [2.45, 2.75) is 78.3 Å². The Hall–Kier alpha value is -4.20. The summed E-state index contributed by atoms with van der Waals surface area (Å²) in [5.41, 5.74) is -3.54. The van der Waals surface area contributed by atoms with Gasteiger partial charge in [-0.25, -0.2) is 4.39 Å². The van der Waals surface area contributed by atoms with Gasteiger partial charge in [-0.15, -0.1) is 0 Å². The lowest BCUT2D eigenvalue weighted by molar-refractivity contribution is -0.140. The Morgan fingerprint density at radius 2 is 1.58 bits per heavy atom. The number of alkyl halides is 6. The van der Waals surface area contributed by atoms with Crippen LogP contribution in [0.2, 0.25) is 0 Å². The zero-order chi connectivity index (χ0) is 37.3. The number of carbonyl (C=O) groups excluding carboxylic acids is 1. The number of hydrogen-bond donors (Lipinski definition) is 2. The first-order chi connectivity index (χ1) is 23.2. The van der Waals surface area contributed by atoms with Crippen LogP contribution < -0.4 is 10.9 Å². The van der Waals surface area contributed by atoms with E-state index in [0.29, 0.717) is 47.8 Å². The molecule has 2 atom stereocenters. The standard InChI is InChI=1S/C36H40F7N3O4/c1-19(2)11-29(46-18-23(9-10-45-16-20(3)17-45)26(14-30(46)47)35(38,39)40)34(50)44-28(15-31(48)49)25-12-24(13-27(33(25)37)36(41,42)43)32-21(4)7-6-8-22(32)5/h6-8,12-14,18-20,28-29H,9-11,15-17H2,1-5H3,(H,44,50)(H,48,49)/t28-,29?/m0/s1. The van der Waals surface area contributed by atoms with E-state index < -0.39 is 70.8 Å². The number of aliphatic carboxylic acids is 1. The van der Waals surface area contributed by atoms with Crippen LogP contribution in [0.25, 0.3) is 11.1 Å². The number of nitrogens with one attached hydrogen (secondary N) is 1. The highest BCUT2D eigenvalue weighted by atomic mass is 19.4. The lowest BCUT2D eigenvalue weighted by atomic mass is 9.90. The molecule has 14 heteroatoms. The first kappa shape index (κ1) is 38.6. The minimum Gasteiger partial charge on any atom is -0.481 e. The maximum atomic E-state index is 15.8. The minimum atomic E-state index is -5.19. The number of likely N-dealkylation sites (tertiary alicyclic amines) is 1. The Kier molecular flexibility index (Phi) is 11.5. The van der Waals surface area contributed by atoms with Crippen LogP contribution in [0, 0.1) is 31.5 Å². The Morgan fingerprint density at radius 3 is 2.10 bits per heavy atom. The number of pyridine rings is 1. The van der Waals surface area contributed by atoms with Gasteiger partial charge in [-0.05, 0) is 78.5 Å². The van der Waals surface area contributed by atoms with Crippen molar-refractivity contribution in [2.75, 3.05) is 19.6 Å². The van der Waals surface area contributed by atoms with E-state index in [1.807, 2.05) is 11.8 Å². The van der Waals surface area contributed by atoms with E-state index in [-0.39, 0.29) is 36.4 Å². The van der Waals surface area contributed by atoms with Crippen molar-refractivity contribution in [3.63, 3.8) is 0 Å². The fourth-order valence-electron chi connectivity index (χ4n) is 6.58. The molecule has 0 radical (unpaired) electrons. The molecule has 1 unspecified atom stereocenters. The van der Waals surface area contributed by atoms with Crippen molar-refractivity contribution < 1.29 is 45.4 Å². The highest BCUT2D eigenvalue weighted by Gasteiger charge is 2.39. The fraction of sp³-hybridized carbons (Fsp3) is 0.472. The second kappa shape index (κ2) is 15.0. The summed E-state index contributed by atoms with van der Waals surface area (Å²) < 4.78 is 101. The maximum Gasteiger partial charge on any atom is 0.419 e. The van der Waals surface area contributed by atoms with Crippen LogP contribution in [0.1, 0.15) is 79.1 Å². The van der Waals surface area contributed by atoms with Crippen molar-refractivity contribution in [1.29, 1.82) is 0 Å². The summed E-state index contributed by atoms with van der Waals surface area (Å²) in [7, 11) is 0. The third kappa shape index (κ3) is 8.93. The van der Waals surface area contributed by atoms with Gasteiger partial charge in [0.05, 0.1) is 23.6 Å². The highest BCUT2D eigenvalue weighted by Crippen LogP contribution is 2.40. The van der Waals surface area contributed by atoms with Crippen molar-refractivity contribution in [1.82, 2.24) is 14.8 Å². The van der Waals surface area contributed by atoms with Crippen LogP contribution >= 0.6 is 0 Å². The van der Waals surface area contributed by atoms with Gasteiger partial charge in [0.1, 0.15) is 11.9 Å². The normalized spacial score (nSPS) is 15.5. The molecule has 2 aromatic carbocycles. The number of aryl methyl sites for hydroxylation is 2. The lowest BCUT2D eigenvalue weighted by Gasteiger charge is -2.37. The van der Waals surface area contributed by atoms with Gasteiger partial charge in [-0.2, -0.15) is 26.3 Å². The van der Waals surface area contributed by atoms with Crippen LogP contribution in [-0.4, -0.2) is 46.1 Å². The number of rotatable bonds is 12. The molecule has 1 aliphatic heterocycles. The number of amides is 1. The molecular formula is C36H40F7N3O4. The molecule has 0 saturated carbocycles. The molecule has 2 N–H and O–H groups in total. The summed E-state index contributed by atoms with van der Waals surface area (Å²) in [5, 5.41) is 12.1. The molecule has 1 fully saturated rings. The Bertz CT molecular complexity index is 1770. The molecule has 2 heterocycles. The van der Waals surface area contributed by atoms with Gasteiger partial charge in [0.25, 0.3) is 5.56 Å². The van der Waals surface area contributed by atoms with E-state index in [4.69, 9.17) is 0 Å². The van der Waals surface area contributed by atoms with Gasteiger partial charge in [-0.1, -0.05) is 39.0 Å². The highest BCUT2D eigenvalue weighted by molar-refractivity contribution is 5.82. The van der Waals surface area contributed by atoms with Crippen LogP contribution in [0.5, 0.6) is 0 Å². The predicted octanol–water partition coefficient (Wildman–Crippen LogP) is 7.72. The second-order valence-corrected chi connectivity index (χ2v) is 13.6. The molecule has 1 saturated heterocycles. The summed E-state index contributed by atoms with van der Waals surface area (Å²) in [6.07, 6.45) is -10.3. The number of carboxylic acid groups (broad SMARTS) is 1. The largest absolute Gasteiger partial charge is 0.481 e. The van der Waals surface area contributed by atoms with E-state index in [2.05, 4.69) is 5.32 Å². The molecule has 0 bridgehead atoms. The maximum absolute atomic E-state index is 15.8. The Morgan fingerprint density at radius 1 is 0.980 bits per heavy atom. The molecule has 1 aromatic heterocycles. The molecule has 50 heavy (non-hydrogen) atoms. The van der Waals surface area contributed by atoms with Crippen molar-refractivity contribution in [2.24, 2.45) is 11.8 Å². The smallest absolute Gasteiger partial charge is 0.419 e. The number of carboxylic acids is 1. The first-order valence-corrected chi connectivity index (χ1v) is 16.2. The average Bonchev–Trinajstić information content (AvgIpc) is 2.96. The lowest BCUT2D eigenvalue weighted by Crippen LogP contribution is -2.46. The molecule has 0 spiro atoms. The summed E-state index contributed by atoms with van der Waals surface area (Å²) >= 11 is 0. The van der Waals surface area contributed by atoms with Gasteiger partial charge >= 0.3 is 18.3 Å². The van der Waals surface area contributed by atoms with Gasteiger partial charge in [-0.3, -0.25) is 14.4 Å². The molecule has 1 amide bonds. The van der Waals surface area contributed by atoms with Gasteiger partial charge in [0.2, 0.25) is 5.91 Å². The molecular weight excluding hydrogens is 671 g/mol. The van der Waals surface area contributed by atoms with Crippen molar-refractivity contribution in [3.8, 4) is 11.1 Å². The van der Waals surface area contributed by atoms with E-state index in [0.717, 1.165) is 16.8 Å². The van der Waals surface area contributed by atoms with Crippen LogP contribution in [-0.2, 0) is 28.4 Å². The zero-order valence-electron chi connectivity index (χ0n) is 28.3. The van der Waals surface area contributed by atoms with E-state index in [1.54, 1.807) is 45.9 Å². The topological polar surface area (TPSA) is 91.6 Å². The predicted molar refractivity (Wildman–Crippen MR) is 173 cm³/mol. The number of hydrogen-bond acceptors (Lipinski definition) is 4. The van der Waals surface area contributed by atoms with Gasteiger partial charge in [0, 0.05) is 37.5 Å². The molecule has 0 aliphatic carbocycles. The molecule has 1 aliphatic rings. The Balaban J connectivity index is 1.82. The number of carbonyl (C=O) groups is 2. The first-order valence-electron chi connectivity index (χ1n) is 16.2. The number of nitrogens with zero attached hydrogens (tertiary/aromatic N) is 2. The van der Waals surface area contributed by atoms with Crippen molar-refractivity contribution in [3.05, 3.63) is 92.1 Å². The second-order valence-electron chi connectivity index (χ2n) is 13.6. The summed E-state index contributed by atoms with van der Waals surface area (Å²) in [6.45, 7) is 10.3. The third-order valence-corrected chi connectivity index (χ3v) is 8.89. The van der Waals surface area contributed by atoms with Crippen LogP contribution in [0.15, 0.2) is 47.4 Å². The van der Waals surface area contributed by atoms with E-state index in [1.165, 1.54) is 0 Å². The quantitative estimate of drug-likeness (QED) is 0.188.